The van der Waals surface area contributed by atoms with Crippen LogP contribution in [0.3, 0.4) is 0 Å². The Labute approximate surface area is 141 Å². The number of fused-ring (bicyclic) bond motifs is 1. The fraction of sp³-hybridized carbons (Fsp3) is 0.421. The van der Waals surface area contributed by atoms with E-state index in [1.807, 2.05) is 41.3 Å². The molecule has 5 heteroatoms. The van der Waals surface area contributed by atoms with Gasteiger partial charge in [-0.3, -0.25) is 14.2 Å². The number of benzene rings is 1. The van der Waals surface area contributed by atoms with E-state index in [1.54, 1.807) is 10.9 Å². The number of imidazole rings is 1. The summed E-state index contributed by atoms with van der Waals surface area (Å²) in [6.45, 7) is 1.65. The molecule has 124 valence electrons. The maximum absolute atomic E-state index is 13.1. The average Bonchev–Trinajstić information content (AvgIpc) is 3.30. The highest BCUT2D eigenvalue weighted by Crippen LogP contribution is 2.31. The van der Waals surface area contributed by atoms with Gasteiger partial charge >= 0.3 is 0 Å². The summed E-state index contributed by atoms with van der Waals surface area (Å²) < 4.78 is 1.61. The number of hydrogen-bond acceptors (Lipinski definition) is 3. The van der Waals surface area contributed by atoms with Crippen molar-refractivity contribution < 1.29 is 9.59 Å². The first-order chi connectivity index (χ1) is 11.8. The molecule has 1 aromatic heterocycles. The van der Waals surface area contributed by atoms with Crippen LogP contribution in [0.2, 0.25) is 0 Å². The summed E-state index contributed by atoms with van der Waals surface area (Å²) in [5.41, 5.74) is 1.61. The number of hydrogen-bond donors (Lipinski definition) is 0. The van der Waals surface area contributed by atoms with Gasteiger partial charge < -0.3 is 4.90 Å². The summed E-state index contributed by atoms with van der Waals surface area (Å²) in [4.78, 5) is 32.2. The summed E-state index contributed by atoms with van der Waals surface area (Å²) in [6.07, 6.45) is 9.05. The molecule has 1 amide bonds. The molecule has 1 fully saturated rings. The van der Waals surface area contributed by atoms with Gasteiger partial charge in [-0.1, -0.05) is 24.3 Å². The number of carbonyl (C=O) groups excluding carboxylic acids is 2. The van der Waals surface area contributed by atoms with Gasteiger partial charge in [0.05, 0.1) is 22.9 Å². The van der Waals surface area contributed by atoms with Gasteiger partial charge in [-0.2, -0.15) is 0 Å². The van der Waals surface area contributed by atoms with E-state index in [9.17, 15) is 9.59 Å². The summed E-state index contributed by atoms with van der Waals surface area (Å²) in [7, 11) is 0. The molecule has 0 N–H and O–H groups in total. The molecule has 1 aromatic carbocycles. The molecule has 0 spiro atoms. The van der Waals surface area contributed by atoms with E-state index in [4.69, 9.17) is 0 Å². The monoisotopic (exact) mass is 323 g/mol. The van der Waals surface area contributed by atoms with Crippen LogP contribution in [0.4, 0.5) is 0 Å². The molecule has 2 heterocycles. The van der Waals surface area contributed by atoms with E-state index in [1.165, 1.54) is 0 Å². The number of nitrogens with zero attached hydrogens (tertiary/aromatic N) is 3. The second kappa shape index (κ2) is 6.23. The number of rotatable bonds is 2. The lowest BCUT2D eigenvalue weighted by Crippen LogP contribution is -2.41. The summed E-state index contributed by atoms with van der Waals surface area (Å²) >= 11 is 0. The molecule has 1 aliphatic heterocycles. The third-order valence-electron chi connectivity index (χ3n) is 5.18. The van der Waals surface area contributed by atoms with Crippen LogP contribution in [0.25, 0.3) is 11.0 Å². The normalized spacial score (nSPS) is 23.8. The molecule has 0 bridgehead atoms. The van der Waals surface area contributed by atoms with Crippen LogP contribution in [-0.2, 0) is 4.79 Å². The van der Waals surface area contributed by atoms with E-state index >= 15 is 0 Å². The van der Waals surface area contributed by atoms with Gasteiger partial charge in [-0.15, -0.1) is 0 Å². The SMILES string of the molecule is O=C(C1CC=CCC1C(=O)n1cnc2ccccc21)N1CCCC1. The van der Waals surface area contributed by atoms with Crippen LogP contribution in [0, 0.1) is 11.8 Å². The number of para-hydroxylation sites is 2. The second-order valence-corrected chi connectivity index (χ2v) is 6.63. The fourth-order valence-electron chi connectivity index (χ4n) is 3.85. The van der Waals surface area contributed by atoms with Gasteiger partial charge in [0.1, 0.15) is 6.33 Å². The highest BCUT2D eigenvalue weighted by molar-refractivity contribution is 5.94. The van der Waals surface area contributed by atoms with E-state index < -0.39 is 0 Å². The minimum Gasteiger partial charge on any atom is -0.342 e. The van der Waals surface area contributed by atoms with Crippen molar-refractivity contribution in [1.82, 2.24) is 14.5 Å². The van der Waals surface area contributed by atoms with Gasteiger partial charge in [-0.05, 0) is 37.8 Å². The minimum absolute atomic E-state index is 0.0226. The molecule has 2 atom stereocenters. The highest BCUT2D eigenvalue weighted by atomic mass is 16.2. The molecule has 2 aliphatic rings. The predicted octanol–water partition coefficient (Wildman–Crippen LogP) is 2.88. The van der Waals surface area contributed by atoms with Crippen molar-refractivity contribution in [3.05, 3.63) is 42.7 Å². The Balaban J connectivity index is 1.64. The van der Waals surface area contributed by atoms with Crippen LogP contribution in [0.5, 0.6) is 0 Å². The van der Waals surface area contributed by atoms with E-state index in [2.05, 4.69) is 4.98 Å². The molecule has 5 nitrogen and oxygen atoms in total. The third kappa shape index (κ3) is 2.54. The molecular formula is C19H21N3O2. The quantitative estimate of drug-likeness (QED) is 0.799. The molecule has 4 rings (SSSR count). The maximum atomic E-state index is 13.1. The van der Waals surface area contributed by atoms with E-state index in [0.29, 0.717) is 12.8 Å². The largest absolute Gasteiger partial charge is 0.342 e. The van der Waals surface area contributed by atoms with Crippen molar-refractivity contribution in [3.8, 4) is 0 Å². The molecule has 0 saturated carbocycles. The van der Waals surface area contributed by atoms with E-state index in [0.717, 1.165) is 37.0 Å². The van der Waals surface area contributed by atoms with Gasteiger partial charge in [0.25, 0.3) is 0 Å². The predicted molar refractivity (Wildman–Crippen MR) is 91.5 cm³/mol. The van der Waals surface area contributed by atoms with Crippen molar-refractivity contribution in [1.29, 1.82) is 0 Å². The smallest absolute Gasteiger partial charge is 0.236 e. The van der Waals surface area contributed by atoms with Crippen molar-refractivity contribution in [2.24, 2.45) is 11.8 Å². The first kappa shape index (κ1) is 15.1. The Bertz CT molecular complexity index is 802. The number of likely N-dealkylation sites (tertiary alicyclic amines) is 1. The zero-order chi connectivity index (χ0) is 16.5. The zero-order valence-corrected chi connectivity index (χ0v) is 13.6. The number of allylic oxidation sites excluding steroid dienone is 2. The fourth-order valence-corrected chi connectivity index (χ4v) is 3.85. The minimum atomic E-state index is -0.305. The second-order valence-electron chi connectivity index (χ2n) is 6.63. The van der Waals surface area contributed by atoms with Crippen molar-refractivity contribution >= 4 is 22.8 Å². The van der Waals surface area contributed by atoms with Gasteiger partial charge in [0, 0.05) is 13.1 Å². The molecule has 2 unspecified atom stereocenters. The summed E-state index contributed by atoms with van der Waals surface area (Å²) in [5.74, 6) is -0.437. The first-order valence-corrected chi connectivity index (χ1v) is 8.66. The van der Waals surface area contributed by atoms with Crippen LogP contribution in [-0.4, -0.2) is 39.4 Å². The van der Waals surface area contributed by atoms with Gasteiger partial charge in [0.2, 0.25) is 11.8 Å². The molecule has 1 aliphatic carbocycles. The average molecular weight is 323 g/mol. The number of aromatic nitrogens is 2. The van der Waals surface area contributed by atoms with Crippen LogP contribution < -0.4 is 0 Å². The lowest BCUT2D eigenvalue weighted by Gasteiger charge is -2.30. The van der Waals surface area contributed by atoms with Crippen LogP contribution in [0.15, 0.2) is 42.7 Å². The number of amides is 1. The topological polar surface area (TPSA) is 55.2 Å². The molecule has 2 aromatic rings. The Morgan fingerprint density at radius 2 is 1.62 bits per heavy atom. The highest BCUT2D eigenvalue weighted by Gasteiger charge is 2.37. The first-order valence-electron chi connectivity index (χ1n) is 8.66. The standard InChI is InChI=1S/C19H21N3O2/c23-18(21-11-5-6-12-21)14-7-1-2-8-15(14)19(24)22-13-20-16-9-3-4-10-17(16)22/h1-4,9-10,13-15H,5-8,11-12H2. The third-order valence-corrected chi connectivity index (χ3v) is 5.18. The zero-order valence-electron chi connectivity index (χ0n) is 13.6. The Kier molecular flexibility index (Phi) is 3.92. The molecule has 24 heavy (non-hydrogen) atoms. The molecule has 1 saturated heterocycles. The maximum Gasteiger partial charge on any atom is 0.236 e. The Morgan fingerprint density at radius 3 is 2.38 bits per heavy atom. The lowest BCUT2D eigenvalue weighted by atomic mass is 9.81. The van der Waals surface area contributed by atoms with Crippen LogP contribution in [0.1, 0.15) is 30.5 Å². The number of carbonyl (C=O) groups is 2. The lowest BCUT2D eigenvalue weighted by molar-refractivity contribution is -0.135. The summed E-state index contributed by atoms with van der Waals surface area (Å²) in [6, 6.07) is 7.61. The van der Waals surface area contributed by atoms with Gasteiger partial charge in [-0.25, -0.2) is 4.98 Å². The molecule has 0 radical (unpaired) electrons. The van der Waals surface area contributed by atoms with Gasteiger partial charge in [0.15, 0.2) is 0 Å². The van der Waals surface area contributed by atoms with Crippen molar-refractivity contribution in [3.63, 3.8) is 0 Å². The Morgan fingerprint density at radius 1 is 0.958 bits per heavy atom. The molecular weight excluding hydrogens is 302 g/mol. The Hall–Kier alpha value is -2.43. The summed E-state index contributed by atoms with van der Waals surface area (Å²) in [5, 5.41) is 0. The van der Waals surface area contributed by atoms with Crippen molar-refractivity contribution in [2.75, 3.05) is 13.1 Å². The van der Waals surface area contributed by atoms with Crippen molar-refractivity contribution in [2.45, 2.75) is 25.7 Å². The van der Waals surface area contributed by atoms with E-state index in [-0.39, 0.29) is 23.7 Å². The van der Waals surface area contributed by atoms with Crippen LogP contribution >= 0.6 is 0 Å².